The SMILES string of the molecule is COc1cc([N+](=O)[O-])ccc1NC(=O)[C@@H](C)OC(=O)c1cc2c(s1)CCCCC2. The molecule has 9 heteroatoms. The Balaban J connectivity index is 1.65. The largest absolute Gasteiger partial charge is 0.494 e. The van der Waals surface area contributed by atoms with E-state index in [1.54, 1.807) is 0 Å². The molecule has 0 radical (unpaired) electrons. The van der Waals surface area contributed by atoms with Gasteiger partial charge in [0.25, 0.3) is 11.6 Å². The highest BCUT2D eigenvalue weighted by Crippen LogP contribution is 2.31. The van der Waals surface area contributed by atoms with Crippen molar-refractivity contribution in [1.82, 2.24) is 0 Å². The molecule has 0 saturated heterocycles. The first-order chi connectivity index (χ1) is 13.9. The van der Waals surface area contributed by atoms with Crippen LogP contribution in [-0.4, -0.2) is 30.0 Å². The zero-order valence-electron chi connectivity index (χ0n) is 16.2. The lowest BCUT2D eigenvalue weighted by Crippen LogP contribution is -2.30. The van der Waals surface area contributed by atoms with Gasteiger partial charge in [0.05, 0.1) is 23.8 Å². The van der Waals surface area contributed by atoms with Crippen molar-refractivity contribution in [2.45, 2.75) is 45.1 Å². The summed E-state index contributed by atoms with van der Waals surface area (Å²) in [6.45, 7) is 1.48. The lowest BCUT2D eigenvalue weighted by molar-refractivity contribution is -0.384. The molecule has 1 amide bonds. The minimum atomic E-state index is -1.04. The van der Waals surface area contributed by atoms with Crippen LogP contribution in [0.4, 0.5) is 11.4 Å². The molecule has 29 heavy (non-hydrogen) atoms. The second kappa shape index (κ2) is 9.04. The Morgan fingerprint density at radius 3 is 2.69 bits per heavy atom. The van der Waals surface area contributed by atoms with Crippen LogP contribution in [0, 0.1) is 10.1 Å². The van der Waals surface area contributed by atoms with E-state index in [1.807, 2.05) is 6.07 Å². The maximum absolute atomic E-state index is 12.5. The summed E-state index contributed by atoms with van der Waals surface area (Å²) in [4.78, 5) is 36.9. The van der Waals surface area contributed by atoms with Gasteiger partial charge in [0, 0.05) is 10.9 Å². The minimum Gasteiger partial charge on any atom is -0.494 e. The molecule has 1 N–H and O–H groups in total. The summed E-state index contributed by atoms with van der Waals surface area (Å²) in [6.07, 6.45) is 4.35. The summed E-state index contributed by atoms with van der Waals surface area (Å²) >= 11 is 1.43. The van der Waals surface area contributed by atoms with Crippen molar-refractivity contribution in [3.8, 4) is 5.75 Å². The highest BCUT2D eigenvalue weighted by molar-refractivity contribution is 7.14. The molecule has 1 aromatic carbocycles. The maximum Gasteiger partial charge on any atom is 0.349 e. The van der Waals surface area contributed by atoms with Crippen LogP contribution in [0.25, 0.3) is 0 Å². The normalized spacial score (nSPS) is 14.3. The number of carbonyl (C=O) groups excluding carboxylic acids is 2. The topological polar surface area (TPSA) is 108 Å². The number of aryl methyl sites for hydroxylation is 2. The number of nitrogens with zero attached hydrogens (tertiary/aromatic N) is 1. The molecule has 0 saturated carbocycles. The second-order valence-corrected chi connectivity index (χ2v) is 7.93. The van der Waals surface area contributed by atoms with Crippen LogP contribution in [0.15, 0.2) is 24.3 Å². The smallest absolute Gasteiger partial charge is 0.349 e. The van der Waals surface area contributed by atoms with E-state index in [0.717, 1.165) is 25.7 Å². The predicted octanol–water partition coefficient (Wildman–Crippen LogP) is 4.12. The number of thiophene rings is 1. The van der Waals surface area contributed by atoms with Crippen molar-refractivity contribution in [3.05, 3.63) is 49.7 Å². The number of esters is 1. The van der Waals surface area contributed by atoms with Crippen LogP contribution >= 0.6 is 11.3 Å². The van der Waals surface area contributed by atoms with Gasteiger partial charge >= 0.3 is 5.97 Å². The molecule has 1 heterocycles. The summed E-state index contributed by atoms with van der Waals surface area (Å²) in [5.41, 5.74) is 1.30. The van der Waals surface area contributed by atoms with E-state index in [2.05, 4.69) is 5.32 Å². The van der Waals surface area contributed by atoms with Crippen LogP contribution in [0.1, 0.15) is 46.3 Å². The zero-order chi connectivity index (χ0) is 21.0. The molecule has 3 rings (SSSR count). The van der Waals surface area contributed by atoms with Crippen molar-refractivity contribution < 1.29 is 24.0 Å². The fraction of sp³-hybridized carbons (Fsp3) is 0.400. The van der Waals surface area contributed by atoms with Gasteiger partial charge in [-0.3, -0.25) is 14.9 Å². The number of nitro groups is 1. The van der Waals surface area contributed by atoms with Crippen LogP contribution < -0.4 is 10.1 Å². The van der Waals surface area contributed by atoms with E-state index in [9.17, 15) is 19.7 Å². The molecule has 1 aromatic heterocycles. The van der Waals surface area contributed by atoms with Crippen LogP contribution in [-0.2, 0) is 22.4 Å². The number of nitrogens with one attached hydrogen (secondary N) is 1. The lowest BCUT2D eigenvalue weighted by atomic mass is 10.1. The molecule has 8 nitrogen and oxygen atoms in total. The fourth-order valence-corrected chi connectivity index (χ4v) is 4.31. The standard InChI is InChI=1S/C20H22N2O6S/c1-12(19(23)21-15-9-8-14(22(25)26)11-16(15)27-2)28-20(24)18-10-13-6-4-3-5-7-17(13)29-18/h8-12H,3-7H2,1-2H3,(H,21,23)/t12-/m1/s1. The second-order valence-electron chi connectivity index (χ2n) is 6.80. The third-order valence-corrected chi connectivity index (χ3v) is 5.97. The number of fused-ring (bicyclic) bond motifs is 1. The summed E-state index contributed by atoms with van der Waals surface area (Å²) in [7, 11) is 1.35. The van der Waals surface area contributed by atoms with Crippen LogP contribution in [0.3, 0.4) is 0 Å². The molecule has 1 aliphatic rings. The zero-order valence-corrected chi connectivity index (χ0v) is 17.0. The average Bonchev–Trinajstić information content (AvgIpc) is 2.98. The summed E-state index contributed by atoms with van der Waals surface area (Å²) in [5, 5.41) is 13.4. The number of ether oxygens (including phenoxy) is 2. The first-order valence-electron chi connectivity index (χ1n) is 9.35. The van der Waals surface area contributed by atoms with E-state index in [0.29, 0.717) is 4.88 Å². The Bertz CT molecular complexity index is 916. The molecule has 2 aromatic rings. The van der Waals surface area contributed by atoms with Crippen molar-refractivity contribution >= 4 is 34.6 Å². The minimum absolute atomic E-state index is 0.146. The molecular weight excluding hydrogens is 396 g/mol. The van der Waals surface area contributed by atoms with Crippen LogP contribution in [0.2, 0.25) is 0 Å². The molecule has 154 valence electrons. The molecule has 0 unspecified atom stereocenters. The van der Waals surface area contributed by atoms with Crippen LogP contribution in [0.5, 0.6) is 5.75 Å². The Labute approximate surface area is 172 Å². The predicted molar refractivity (Wildman–Crippen MR) is 109 cm³/mol. The van der Waals surface area contributed by atoms with Gasteiger partial charge in [-0.05, 0) is 50.3 Å². The van der Waals surface area contributed by atoms with Gasteiger partial charge in [-0.2, -0.15) is 0 Å². The van der Waals surface area contributed by atoms with E-state index >= 15 is 0 Å². The molecule has 1 atom stereocenters. The van der Waals surface area contributed by atoms with Crippen molar-refractivity contribution in [1.29, 1.82) is 0 Å². The highest BCUT2D eigenvalue weighted by atomic mass is 32.1. The number of carbonyl (C=O) groups is 2. The number of nitro benzene ring substituents is 1. The van der Waals surface area contributed by atoms with Gasteiger partial charge in [-0.1, -0.05) is 6.42 Å². The molecular formula is C20H22N2O6S. The first-order valence-corrected chi connectivity index (χ1v) is 10.2. The fourth-order valence-electron chi connectivity index (χ4n) is 3.17. The van der Waals surface area contributed by atoms with Gasteiger partial charge in [0.15, 0.2) is 6.10 Å². The van der Waals surface area contributed by atoms with Gasteiger partial charge in [-0.25, -0.2) is 4.79 Å². The van der Waals surface area contributed by atoms with Gasteiger partial charge in [0.1, 0.15) is 10.6 Å². The third-order valence-electron chi connectivity index (χ3n) is 4.75. The van der Waals surface area contributed by atoms with E-state index in [4.69, 9.17) is 9.47 Å². The Morgan fingerprint density at radius 2 is 1.97 bits per heavy atom. The number of non-ortho nitro benzene ring substituents is 1. The van der Waals surface area contributed by atoms with Gasteiger partial charge in [-0.15, -0.1) is 11.3 Å². The Hall–Kier alpha value is -2.94. The average molecular weight is 418 g/mol. The molecule has 0 aliphatic heterocycles. The quantitative estimate of drug-likeness (QED) is 0.327. The summed E-state index contributed by atoms with van der Waals surface area (Å²) < 4.78 is 10.4. The lowest BCUT2D eigenvalue weighted by Gasteiger charge is -2.14. The Morgan fingerprint density at radius 1 is 1.21 bits per heavy atom. The van der Waals surface area contributed by atoms with Gasteiger partial charge in [0.2, 0.25) is 0 Å². The maximum atomic E-state index is 12.5. The number of benzene rings is 1. The monoisotopic (exact) mass is 418 g/mol. The molecule has 0 fully saturated rings. The highest BCUT2D eigenvalue weighted by Gasteiger charge is 2.23. The third kappa shape index (κ3) is 4.92. The van der Waals surface area contributed by atoms with E-state index in [1.165, 1.54) is 60.4 Å². The number of anilines is 1. The van der Waals surface area contributed by atoms with Crippen molar-refractivity contribution in [2.24, 2.45) is 0 Å². The summed E-state index contributed by atoms with van der Waals surface area (Å²) in [5.74, 6) is -0.932. The van der Waals surface area contributed by atoms with E-state index in [-0.39, 0.29) is 17.1 Å². The number of rotatable bonds is 6. The molecule has 1 aliphatic carbocycles. The number of methoxy groups -OCH3 is 1. The summed E-state index contributed by atoms with van der Waals surface area (Å²) in [6, 6.07) is 5.72. The molecule has 0 bridgehead atoms. The number of hydrogen-bond acceptors (Lipinski definition) is 7. The number of amides is 1. The van der Waals surface area contributed by atoms with Crippen molar-refractivity contribution in [2.75, 3.05) is 12.4 Å². The molecule has 0 spiro atoms. The Kier molecular flexibility index (Phi) is 6.48. The van der Waals surface area contributed by atoms with E-state index < -0.39 is 22.9 Å². The van der Waals surface area contributed by atoms with Crippen molar-refractivity contribution in [3.63, 3.8) is 0 Å². The first kappa shape index (κ1) is 20.8. The number of hydrogen-bond donors (Lipinski definition) is 1. The van der Waals surface area contributed by atoms with Gasteiger partial charge < -0.3 is 14.8 Å².